The van der Waals surface area contributed by atoms with E-state index in [-0.39, 0.29) is 11.9 Å². The molecule has 48 heavy (non-hydrogen) atoms. The van der Waals surface area contributed by atoms with Crippen LogP contribution in [0.4, 0.5) is 0 Å². The van der Waals surface area contributed by atoms with Crippen molar-refractivity contribution in [3.63, 3.8) is 0 Å². The number of ether oxygens (including phenoxy) is 2. The minimum absolute atomic E-state index is 0.162. The Morgan fingerprint density at radius 2 is 0.667 bits per heavy atom. The maximum atomic E-state index is 12.9. The normalized spacial score (nSPS) is 13.6. The highest BCUT2D eigenvalue weighted by Gasteiger charge is 2.46. The summed E-state index contributed by atoms with van der Waals surface area (Å²) in [7, 11) is 0. The molecule has 0 aromatic rings. The molecule has 0 spiro atoms. The van der Waals surface area contributed by atoms with E-state index < -0.39 is 18.8 Å². The molecule has 4 nitrogen and oxygen atoms in total. The van der Waals surface area contributed by atoms with Gasteiger partial charge < -0.3 is 9.47 Å². The summed E-state index contributed by atoms with van der Waals surface area (Å²) in [6.45, 7) is 6.49. The van der Waals surface area contributed by atoms with Gasteiger partial charge in [0.15, 0.2) is 4.65 Å². The minimum atomic E-state index is -1.51. The van der Waals surface area contributed by atoms with E-state index in [0.29, 0.717) is 12.8 Å². The van der Waals surface area contributed by atoms with Gasteiger partial charge >= 0.3 is 26.1 Å². The predicted molar refractivity (Wildman–Crippen MR) is 209 cm³/mol. The molecule has 0 aromatic carbocycles. The molecule has 1 rings (SSSR count). The third-order valence-electron chi connectivity index (χ3n) is 10.9. The lowest BCUT2D eigenvalue weighted by atomic mass is 10.0. The van der Waals surface area contributed by atoms with Gasteiger partial charge in [0.1, 0.15) is 0 Å². The Morgan fingerprint density at radius 3 is 0.938 bits per heavy atom. The van der Waals surface area contributed by atoms with Gasteiger partial charge in [0.2, 0.25) is 0 Å². The van der Waals surface area contributed by atoms with Gasteiger partial charge in [0, 0.05) is 12.8 Å². The summed E-state index contributed by atoms with van der Waals surface area (Å²) in [6, 6.07) is 0. The number of hydrogen-bond donors (Lipinski definition) is 0. The monoisotopic (exact) mass is 691 g/mol. The highest BCUT2D eigenvalue weighted by Crippen LogP contribution is 2.31. The zero-order valence-corrected chi connectivity index (χ0v) is 34.0. The molecule has 1 aliphatic rings. The Morgan fingerprint density at radius 1 is 0.417 bits per heavy atom. The molecular weight excluding hydrogens is 607 g/mol. The van der Waals surface area contributed by atoms with E-state index >= 15 is 0 Å². The molecule has 1 heterocycles. The molecule has 0 saturated carbocycles. The molecule has 282 valence electrons. The highest BCUT2D eigenvalue weighted by molar-refractivity contribution is 6.62. The van der Waals surface area contributed by atoms with Crippen molar-refractivity contribution in [3.05, 3.63) is 0 Å². The predicted octanol–water partition coefficient (Wildman–Crippen LogP) is 14.5. The van der Waals surface area contributed by atoms with Crippen LogP contribution < -0.4 is 0 Å². The number of unbranched alkanes of at least 4 members (excludes halogenated alkanes) is 28. The lowest BCUT2D eigenvalue weighted by Crippen LogP contribution is -2.51. The first-order valence-electron chi connectivity index (χ1n) is 22.0. The van der Waals surface area contributed by atoms with E-state index in [9.17, 15) is 9.59 Å². The molecule has 0 aliphatic carbocycles. The fraction of sp³-hybridized carbons (Fsp3) is 0.953. The van der Waals surface area contributed by atoms with Crippen molar-refractivity contribution in [3.8, 4) is 0 Å². The lowest BCUT2D eigenvalue weighted by molar-refractivity contribution is -0.198. The van der Waals surface area contributed by atoms with Crippen LogP contribution in [-0.2, 0) is 19.1 Å². The fourth-order valence-corrected chi connectivity index (χ4v) is 11.1. The Labute approximate surface area is 304 Å². The van der Waals surface area contributed by atoms with Crippen molar-refractivity contribution in [2.24, 2.45) is 0 Å². The largest absolute Gasteiger partial charge is 0.439 e. The van der Waals surface area contributed by atoms with Crippen molar-refractivity contribution in [2.75, 3.05) is 0 Å². The van der Waals surface area contributed by atoms with Crippen LogP contribution in [0.2, 0.25) is 10.6 Å². The molecule has 5 heteroatoms. The molecule has 0 N–H and O–H groups in total. The summed E-state index contributed by atoms with van der Waals surface area (Å²) < 4.78 is 11.2. The molecule has 1 fully saturated rings. The summed E-state index contributed by atoms with van der Waals surface area (Å²) >= 11 is -1.51. The summed E-state index contributed by atoms with van der Waals surface area (Å²) in [4.78, 5) is 25.9. The topological polar surface area (TPSA) is 52.6 Å². The van der Waals surface area contributed by atoms with Crippen LogP contribution in [0, 0.1) is 0 Å². The fourth-order valence-electron chi connectivity index (χ4n) is 7.65. The first kappa shape index (κ1) is 45.5. The maximum Gasteiger partial charge on any atom is 0.396 e. The number of rotatable bonds is 35. The standard InChI is InChI=1S/C38H73O4.C5H10.Al/c1-4-6-8-10-12-14-16-18-20-22-24-26-28-30-32-34-37(39)41-36(3)42-38(40)35-33-31-29-27-25-23-21-19-17-15-13-11-9-7-5-2;1-3-5-4-2;/h4-35H2,1-3H3;1-5H2;. The second-order valence-corrected chi connectivity index (χ2v) is 19.3. The summed E-state index contributed by atoms with van der Waals surface area (Å²) in [6.07, 6.45) is 44.0. The van der Waals surface area contributed by atoms with Crippen LogP contribution in [0.5, 0.6) is 0 Å². The number of esters is 2. The van der Waals surface area contributed by atoms with E-state index in [4.69, 9.17) is 9.47 Å². The molecule has 0 aromatic heterocycles. The van der Waals surface area contributed by atoms with Crippen molar-refractivity contribution in [1.82, 2.24) is 0 Å². The van der Waals surface area contributed by atoms with Gasteiger partial charge in [-0.25, -0.2) is 0 Å². The minimum Gasteiger partial charge on any atom is -0.439 e. The number of hydrogen-bond acceptors (Lipinski definition) is 4. The van der Waals surface area contributed by atoms with Crippen LogP contribution in [-0.4, -0.2) is 30.7 Å². The second kappa shape index (κ2) is 33.6. The molecule has 0 unspecified atom stereocenters. The van der Waals surface area contributed by atoms with Crippen LogP contribution in [0.1, 0.15) is 245 Å². The van der Waals surface area contributed by atoms with Crippen LogP contribution in [0.25, 0.3) is 0 Å². The Hall–Kier alpha value is -0.528. The van der Waals surface area contributed by atoms with Crippen molar-refractivity contribution in [2.45, 2.75) is 261 Å². The van der Waals surface area contributed by atoms with E-state index in [1.54, 1.807) is 0 Å². The van der Waals surface area contributed by atoms with Gasteiger partial charge in [-0.15, -0.1) is 0 Å². The summed E-state index contributed by atoms with van der Waals surface area (Å²) in [5.41, 5.74) is 0. The SMILES string of the molecule is CCCCCCCCCCCCCCCCCC(=O)O[C](C)(OC(=O)CCCCCCCCCCCCCCCCC)[Al]1[CH2]CCC[CH2]1. The first-order valence-corrected chi connectivity index (χ1v) is 24.2. The zero-order valence-electron chi connectivity index (χ0n) is 32.9. The van der Waals surface area contributed by atoms with Crippen LogP contribution in [0.15, 0.2) is 0 Å². The second-order valence-electron chi connectivity index (χ2n) is 15.7. The van der Waals surface area contributed by atoms with Gasteiger partial charge in [-0.05, 0) is 19.8 Å². The Balaban J connectivity index is 2.13. The average Bonchev–Trinajstić information content (AvgIpc) is 3.08. The van der Waals surface area contributed by atoms with Crippen LogP contribution >= 0.6 is 0 Å². The molecular formula is C43H83AlO4. The molecule has 1 aliphatic heterocycles. The van der Waals surface area contributed by atoms with E-state index in [1.165, 1.54) is 186 Å². The van der Waals surface area contributed by atoms with E-state index in [0.717, 1.165) is 36.2 Å². The van der Waals surface area contributed by atoms with Crippen molar-refractivity contribution < 1.29 is 19.1 Å². The van der Waals surface area contributed by atoms with Crippen molar-refractivity contribution >= 4 is 26.1 Å². The third kappa shape index (κ3) is 27.2. The summed E-state index contributed by atoms with van der Waals surface area (Å²) in [5.74, 6) is -0.324. The summed E-state index contributed by atoms with van der Waals surface area (Å²) in [5, 5.41) is 2.21. The number of carbonyl (C=O) groups excluding carboxylic acids is 2. The van der Waals surface area contributed by atoms with Gasteiger partial charge in [-0.1, -0.05) is 223 Å². The highest BCUT2D eigenvalue weighted by atomic mass is 27.2. The smallest absolute Gasteiger partial charge is 0.396 e. The zero-order chi connectivity index (χ0) is 34.8. The van der Waals surface area contributed by atoms with Crippen LogP contribution in [0.3, 0.4) is 0 Å². The Kier molecular flexibility index (Phi) is 31.9. The maximum absolute atomic E-state index is 12.9. The van der Waals surface area contributed by atoms with E-state index in [2.05, 4.69) is 13.8 Å². The van der Waals surface area contributed by atoms with Gasteiger partial charge in [-0.3, -0.25) is 9.59 Å². The third-order valence-corrected chi connectivity index (χ3v) is 14.9. The number of carbonyl (C=O) groups is 2. The van der Waals surface area contributed by atoms with Gasteiger partial charge in [0.05, 0.1) is 0 Å². The van der Waals surface area contributed by atoms with Crippen molar-refractivity contribution in [1.29, 1.82) is 0 Å². The lowest BCUT2D eigenvalue weighted by Gasteiger charge is -2.36. The Bertz CT molecular complexity index is 672. The first-order chi connectivity index (χ1) is 23.5. The van der Waals surface area contributed by atoms with Gasteiger partial charge in [0.25, 0.3) is 0 Å². The van der Waals surface area contributed by atoms with Gasteiger partial charge in [-0.2, -0.15) is 0 Å². The quantitative estimate of drug-likeness (QED) is 0.0287. The molecule has 0 bridgehead atoms. The molecule has 1 saturated heterocycles. The molecule has 0 atom stereocenters. The average molecular weight is 691 g/mol. The molecule has 0 amide bonds. The van der Waals surface area contributed by atoms with E-state index in [1.807, 2.05) is 6.92 Å². The molecule has 0 radical (unpaired) electrons.